The zero-order valence-electron chi connectivity index (χ0n) is 11.8. The standard InChI is InChI=1S/C12H22F3NO2S/c1-5-9(8-19-7-6-12(13,14)15)16-10(17)18-11(2,3)4/h9H,5-8H2,1-4H3,(H,16,17). The maximum absolute atomic E-state index is 12.0. The monoisotopic (exact) mass is 301 g/mol. The molecule has 7 heteroatoms. The molecular weight excluding hydrogens is 279 g/mol. The van der Waals surface area contributed by atoms with E-state index in [0.717, 1.165) is 0 Å². The summed E-state index contributed by atoms with van der Waals surface area (Å²) in [5.74, 6) is 0.460. The second kappa shape index (κ2) is 7.87. The highest BCUT2D eigenvalue weighted by atomic mass is 32.2. The van der Waals surface area contributed by atoms with Gasteiger partial charge < -0.3 is 10.1 Å². The first-order chi connectivity index (χ1) is 8.53. The molecule has 1 N–H and O–H groups in total. The molecule has 1 amide bonds. The summed E-state index contributed by atoms with van der Waals surface area (Å²) in [5.41, 5.74) is -0.578. The van der Waals surface area contributed by atoms with Gasteiger partial charge in [0.1, 0.15) is 5.60 Å². The van der Waals surface area contributed by atoms with Crippen molar-refractivity contribution in [3.8, 4) is 0 Å². The molecule has 0 heterocycles. The Balaban J connectivity index is 3.92. The Kier molecular flexibility index (Phi) is 7.62. The van der Waals surface area contributed by atoms with E-state index in [4.69, 9.17) is 4.74 Å². The number of thioether (sulfide) groups is 1. The van der Waals surface area contributed by atoms with E-state index in [1.807, 2.05) is 6.92 Å². The molecule has 0 spiro atoms. The lowest BCUT2D eigenvalue weighted by atomic mass is 10.2. The van der Waals surface area contributed by atoms with E-state index in [-0.39, 0.29) is 11.8 Å². The van der Waals surface area contributed by atoms with Gasteiger partial charge in [-0.2, -0.15) is 24.9 Å². The third-order valence-corrected chi connectivity index (χ3v) is 3.19. The first kappa shape index (κ1) is 18.4. The van der Waals surface area contributed by atoms with Crippen molar-refractivity contribution in [1.82, 2.24) is 5.32 Å². The molecule has 0 fully saturated rings. The number of rotatable bonds is 6. The van der Waals surface area contributed by atoms with Crippen LogP contribution in [0.15, 0.2) is 0 Å². The summed E-state index contributed by atoms with van der Waals surface area (Å²) < 4.78 is 41.0. The lowest BCUT2D eigenvalue weighted by Gasteiger charge is -2.23. The fraction of sp³-hybridized carbons (Fsp3) is 0.917. The number of carbonyl (C=O) groups is 1. The van der Waals surface area contributed by atoms with Crippen LogP contribution in [0.25, 0.3) is 0 Å². The van der Waals surface area contributed by atoms with Crippen LogP contribution >= 0.6 is 11.8 Å². The van der Waals surface area contributed by atoms with Crippen molar-refractivity contribution >= 4 is 17.9 Å². The Morgan fingerprint density at radius 3 is 2.32 bits per heavy atom. The molecule has 0 aliphatic rings. The third kappa shape index (κ3) is 12.2. The van der Waals surface area contributed by atoms with Gasteiger partial charge in [0.05, 0.1) is 6.42 Å². The predicted molar refractivity (Wildman–Crippen MR) is 71.4 cm³/mol. The van der Waals surface area contributed by atoms with E-state index < -0.39 is 24.3 Å². The maximum Gasteiger partial charge on any atom is 0.407 e. The predicted octanol–water partition coefficient (Wildman–Crippen LogP) is 3.98. The summed E-state index contributed by atoms with van der Waals surface area (Å²) in [5, 5.41) is 2.66. The number of amides is 1. The fourth-order valence-corrected chi connectivity index (χ4v) is 2.30. The fourth-order valence-electron chi connectivity index (χ4n) is 1.15. The van der Waals surface area contributed by atoms with Crippen LogP contribution in [0.3, 0.4) is 0 Å². The average molecular weight is 301 g/mol. The Morgan fingerprint density at radius 2 is 1.89 bits per heavy atom. The largest absolute Gasteiger partial charge is 0.444 e. The summed E-state index contributed by atoms with van der Waals surface area (Å²) in [6.07, 6.45) is -4.80. The van der Waals surface area contributed by atoms with Gasteiger partial charge in [0.25, 0.3) is 0 Å². The average Bonchev–Trinajstić information content (AvgIpc) is 2.18. The van der Waals surface area contributed by atoms with Crippen molar-refractivity contribution in [2.24, 2.45) is 0 Å². The smallest absolute Gasteiger partial charge is 0.407 e. The zero-order valence-corrected chi connectivity index (χ0v) is 12.6. The van der Waals surface area contributed by atoms with E-state index in [1.54, 1.807) is 20.8 Å². The molecule has 19 heavy (non-hydrogen) atoms. The van der Waals surface area contributed by atoms with Gasteiger partial charge in [-0.15, -0.1) is 0 Å². The number of halogens is 3. The number of ether oxygens (including phenoxy) is 1. The lowest BCUT2D eigenvalue weighted by Crippen LogP contribution is -2.40. The summed E-state index contributed by atoms with van der Waals surface area (Å²) in [7, 11) is 0. The highest BCUT2D eigenvalue weighted by molar-refractivity contribution is 7.99. The Hall–Kier alpha value is -0.590. The summed E-state index contributed by atoms with van der Waals surface area (Å²) >= 11 is 1.18. The van der Waals surface area contributed by atoms with E-state index in [1.165, 1.54) is 11.8 Å². The number of alkyl carbamates (subject to hydrolysis) is 1. The normalized spacial score (nSPS) is 14.1. The summed E-state index contributed by atoms with van der Waals surface area (Å²) in [4.78, 5) is 11.5. The zero-order chi connectivity index (χ0) is 15.1. The van der Waals surface area contributed by atoms with E-state index in [9.17, 15) is 18.0 Å². The van der Waals surface area contributed by atoms with Gasteiger partial charge in [0.2, 0.25) is 0 Å². The van der Waals surface area contributed by atoms with Crippen LogP contribution in [0, 0.1) is 0 Å². The minimum atomic E-state index is -4.12. The molecule has 1 atom stereocenters. The molecule has 0 bridgehead atoms. The summed E-state index contributed by atoms with van der Waals surface area (Å²) in [6, 6.07) is -0.173. The molecular formula is C12H22F3NO2S. The molecule has 3 nitrogen and oxygen atoms in total. The van der Waals surface area contributed by atoms with Gasteiger partial charge in [-0.25, -0.2) is 4.79 Å². The van der Waals surface area contributed by atoms with Crippen molar-refractivity contribution in [1.29, 1.82) is 0 Å². The first-order valence-electron chi connectivity index (χ1n) is 6.17. The maximum atomic E-state index is 12.0. The van der Waals surface area contributed by atoms with Crippen LogP contribution in [0.2, 0.25) is 0 Å². The summed E-state index contributed by atoms with van der Waals surface area (Å²) in [6.45, 7) is 7.13. The van der Waals surface area contributed by atoms with Gasteiger partial charge in [-0.3, -0.25) is 0 Å². The molecule has 0 aromatic carbocycles. The van der Waals surface area contributed by atoms with E-state index in [2.05, 4.69) is 5.32 Å². The molecule has 114 valence electrons. The van der Waals surface area contributed by atoms with Gasteiger partial charge in [0, 0.05) is 17.5 Å². The van der Waals surface area contributed by atoms with Gasteiger partial charge in [-0.1, -0.05) is 6.92 Å². The Morgan fingerprint density at radius 1 is 1.32 bits per heavy atom. The van der Waals surface area contributed by atoms with Crippen LogP contribution in [-0.2, 0) is 4.74 Å². The highest BCUT2D eigenvalue weighted by Crippen LogP contribution is 2.22. The van der Waals surface area contributed by atoms with Crippen LogP contribution < -0.4 is 5.32 Å². The molecule has 0 aromatic rings. The second-order valence-electron chi connectivity index (χ2n) is 5.19. The van der Waals surface area contributed by atoms with Crippen LogP contribution in [0.1, 0.15) is 40.5 Å². The second-order valence-corrected chi connectivity index (χ2v) is 6.34. The number of hydrogen-bond acceptors (Lipinski definition) is 3. The SMILES string of the molecule is CCC(CSCCC(F)(F)F)NC(=O)OC(C)(C)C. The Bertz CT molecular complexity index is 277. The van der Waals surface area contributed by atoms with E-state index in [0.29, 0.717) is 12.2 Å². The Labute approximate surface area is 116 Å². The van der Waals surface area contributed by atoms with Gasteiger partial charge in [-0.05, 0) is 27.2 Å². The van der Waals surface area contributed by atoms with Gasteiger partial charge >= 0.3 is 12.3 Å². The topological polar surface area (TPSA) is 38.3 Å². The molecule has 0 saturated carbocycles. The lowest BCUT2D eigenvalue weighted by molar-refractivity contribution is -0.129. The molecule has 0 aromatic heterocycles. The number of alkyl halides is 3. The van der Waals surface area contributed by atoms with Crippen LogP contribution in [0.5, 0.6) is 0 Å². The highest BCUT2D eigenvalue weighted by Gasteiger charge is 2.26. The molecule has 0 rings (SSSR count). The molecule has 0 radical (unpaired) electrons. The minimum absolute atomic E-state index is 0.00992. The van der Waals surface area contributed by atoms with Crippen molar-refractivity contribution in [2.75, 3.05) is 11.5 Å². The van der Waals surface area contributed by atoms with E-state index >= 15 is 0 Å². The molecule has 0 aliphatic heterocycles. The minimum Gasteiger partial charge on any atom is -0.444 e. The van der Waals surface area contributed by atoms with Crippen molar-refractivity contribution in [3.05, 3.63) is 0 Å². The van der Waals surface area contributed by atoms with Crippen molar-refractivity contribution < 1.29 is 22.7 Å². The van der Waals surface area contributed by atoms with Crippen molar-refractivity contribution in [3.63, 3.8) is 0 Å². The first-order valence-corrected chi connectivity index (χ1v) is 7.33. The van der Waals surface area contributed by atoms with Crippen LogP contribution in [-0.4, -0.2) is 35.4 Å². The van der Waals surface area contributed by atoms with Crippen molar-refractivity contribution in [2.45, 2.75) is 58.4 Å². The molecule has 0 saturated heterocycles. The van der Waals surface area contributed by atoms with Crippen LogP contribution in [0.4, 0.5) is 18.0 Å². The molecule has 1 unspecified atom stereocenters. The molecule has 0 aliphatic carbocycles. The van der Waals surface area contributed by atoms with Gasteiger partial charge in [0.15, 0.2) is 0 Å². The number of carbonyl (C=O) groups excluding carboxylic acids is 1. The quantitative estimate of drug-likeness (QED) is 0.754. The third-order valence-electron chi connectivity index (χ3n) is 2.06. The number of nitrogens with one attached hydrogen (secondary N) is 1. The number of hydrogen-bond donors (Lipinski definition) is 1.